The molecule has 2 rings (SSSR count). The maximum absolute atomic E-state index is 12.6. The first-order chi connectivity index (χ1) is 15.3. The second kappa shape index (κ2) is 12.5. The first kappa shape index (κ1) is 24.9. The molecule has 2 aromatic rings. The van der Waals surface area contributed by atoms with Crippen LogP contribution in [-0.2, 0) is 14.3 Å². The summed E-state index contributed by atoms with van der Waals surface area (Å²) in [5.74, 6) is -1.13. The average molecular weight is 503 g/mol. The number of rotatable bonds is 10. The highest BCUT2D eigenvalue weighted by molar-refractivity contribution is 9.10. The van der Waals surface area contributed by atoms with Gasteiger partial charge in [-0.15, -0.1) is 0 Å². The molecule has 0 bridgehead atoms. The quantitative estimate of drug-likeness (QED) is 0.383. The molecule has 0 aliphatic rings. The number of hydrogen-bond acceptors (Lipinski definition) is 6. The van der Waals surface area contributed by atoms with Crippen LogP contribution in [0.3, 0.4) is 0 Å². The van der Waals surface area contributed by atoms with Gasteiger partial charge in [0.2, 0.25) is 0 Å². The lowest BCUT2D eigenvalue weighted by molar-refractivity contribution is -0.131. The predicted octanol–water partition coefficient (Wildman–Crippen LogP) is 5.14. The molecule has 32 heavy (non-hydrogen) atoms. The van der Waals surface area contributed by atoms with Gasteiger partial charge in [-0.05, 0) is 62.2 Å². The van der Waals surface area contributed by atoms with E-state index in [4.69, 9.17) is 19.8 Å². The normalized spacial score (nSPS) is 12.7. The molecule has 0 saturated heterocycles. The van der Waals surface area contributed by atoms with Crippen molar-refractivity contribution in [1.82, 2.24) is 0 Å². The van der Waals surface area contributed by atoms with Gasteiger partial charge in [0.1, 0.15) is 5.75 Å². The smallest absolute Gasteiger partial charge is 0.412 e. The Balaban J connectivity index is 2.27. The number of amides is 1. The minimum absolute atomic E-state index is 0.0739. The van der Waals surface area contributed by atoms with Crippen LogP contribution in [-0.4, -0.2) is 35.0 Å². The van der Waals surface area contributed by atoms with Gasteiger partial charge in [-0.2, -0.15) is 5.26 Å². The van der Waals surface area contributed by atoms with Crippen LogP contribution >= 0.6 is 15.9 Å². The number of carbonyl (C=O) groups is 2. The van der Waals surface area contributed by atoms with Crippen molar-refractivity contribution in [3.05, 3.63) is 70.2 Å². The van der Waals surface area contributed by atoms with Crippen LogP contribution in [0, 0.1) is 11.3 Å². The molecule has 2 atom stereocenters. The number of ether oxygens (including phenoxy) is 2. The topological polar surface area (TPSA) is 129 Å². The summed E-state index contributed by atoms with van der Waals surface area (Å²) in [6.45, 7) is 2.11. The maximum atomic E-state index is 12.6. The molecule has 0 spiro atoms. The number of nitriles is 1. The predicted molar refractivity (Wildman–Crippen MR) is 121 cm³/mol. The number of hydrogen-bond donors (Lipinski definition) is 3. The average Bonchev–Trinajstić information content (AvgIpc) is 2.76. The lowest BCUT2D eigenvalue weighted by Crippen LogP contribution is -2.29. The van der Waals surface area contributed by atoms with E-state index in [2.05, 4.69) is 21.2 Å². The summed E-state index contributed by atoms with van der Waals surface area (Å²) in [4.78, 5) is 23.4. The molecular weight excluding hydrogens is 480 g/mol. The van der Waals surface area contributed by atoms with Crippen LogP contribution in [0.25, 0.3) is 0 Å². The fourth-order valence-corrected chi connectivity index (χ4v) is 3.34. The molecule has 0 heterocycles. The number of carboxylic acids is 1. The number of carboxylic acid groups (broad SMARTS) is 1. The summed E-state index contributed by atoms with van der Waals surface area (Å²) in [5.41, 5.74) is 1.23. The minimum atomic E-state index is -1.06. The van der Waals surface area contributed by atoms with Gasteiger partial charge in [-0.1, -0.05) is 22.0 Å². The molecular formula is C23H23BrN2O6. The van der Waals surface area contributed by atoms with Crippen LogP contribution in [0.4, 0.5) is 10.5 Å². The Morgan fingerprint density at radius 1 is 1.25 bits per heavy atom. The minimum Gasteiger partial charge on any atom is -0.508 e. The fraction of sp³-hybridized carbons (Fsp3) is 0.261. The Morgan fingerprint density at radius 3 is 2.59 bits per heavy atom. The molecule has 3 N–H and O–H groups in total. The Bertz CT molecular complexity index is 1000. The molecule has 0 aliphatic heterocycles. The second-order valence-electron chi connectivity index (χ2n) is 6.65. The molecule has 0 unspecified atom stereocenters. The SMILES string of the molecule is CCO[C@H](CC/C=C/C(=O)O)[C@H](OC(=O)Nc1ccc(C#N)cc1)c1cc(Br)ccc1O. The van der Waals surface area contributed by atoms with Crippen molar-refractivity contribution < 1.29 is 29.3 Å². The molecule has 0 saturated carbocycles. The third-order valence-corrected chi connectivity index (χ3v) is 4.88. The van der Waals surface area contributed by atoms with Gasteiger partial charge in [0.05, 0.1) is 17.7 Å². The zero-order valence-corrected chi connectivity index (χ0v) is 18.9. The Hall–Kier alpha value is -3.35. The van der Waals surface area contributed by atoms with E-state index < -0.39 is 24.3 Å². The number of nitrogens with zero attached hydrogens (tertiary/aromatic N) is 1. The molecule has 1 amide bonds. The van der Waals surface area contributed by atoms with Crippen molar-refractivity contribution in [3.8, 4) is 11.8 Å². The number of phenols is 1. The summed E-state index contributed by atoms with van der Waals surface area (Å²) >= 11 is 3.36. The van der Waals surface area contributed by atoms with Gasteiger partial charge < -0.3 is 19.7 Å². The van der Waals surface area contributed by atoms with Gasteiger partial charge in [0.15, 0.2) is 6.10 Å². The number of halogens is 1. The molecule has 0 aliphatic carbocycles. The second-order valence-corrected chi connectivity index (χ2v) is 7.57. The number of phenolic OH excluding ortho intramolecular Hbond substituents is 1. The Kier molecular flexibility index (Phi) is 9.73. The Labute approximate surface area is 194 Å². The molecule has 0 fully saturated rings. The van der Waals surface area contributed by atoms with Crippen LogP contribution in [0.2, 0.25) is 0 Å². The maximum Gasteiger partial charge on any atom is 0.412 e. The van der Waals surface area contributed by atoms with Crippen molar-refractivity contribution in [2.24, 2.45) is 0 Å². The van der Waals surface area contributed by atoms with Gasteiger partial charge in [0.25, 0.3) is 0 Å². The standard InChI is InChI=1S/C23H23BrN2O6/c1-2-31-20(5-3-4-6-21(28)29)22(18-13-16(24)9-12-19(18)27)32-23(30)26-17-10-7-15(14-25)8-11-17/h4,6-13,20,22,27H,2-3,5H2,1H3,(H,26,30)(H,28,29)/b6-4+/t20-,22-/m1/s1. The highest BCUT2D eigenvalue weighted by Crippen LogP contribution is 2.35. The molecule has 0 aromatic heterocycles. The summed E-state index contributed by atoms with van der Waals surface area (Å²) < 4.78 is 12.1. The van der Waals surface area contributed by atoms with Crippen LogP contribution < -0.4 is 5.32 Å². The van der Waals surface area contributed by atoms with Crippen molar-refractivity contribution in [1.29, 1.82) is 5.26 Å². The van der Waals surface area contributed by atoms with E-state index in [1.54, 1.807) is 43.3 Å². The number of aromatic hydroxyl groups is 1. The van der Waals surface area contributed by atoms with E-state index in [0.717, 1.165) is 6.08 Å². The van der Waals surface area contributed by atoms with Crippen LogP contribution in [0.15, 0.2) is 59.1 Å². The first-order valence-electron chi connectivity index (χ1n) is 9.81. The summed E-state index contributed by atoms with van der Waals surface area (Å²) in [6.07, 6.45) is 0.844. The number of carbonyl (C=O) groups excluding carboxylic acids is 1. The van der Waals surface area contributed by atoms with E-state index in [1.165, 1.54) is 12.1 Å². The molecule has 0 radical (unpaired) electrons. The lowest BCUT2D eigenvalue weighted by Gasteiger charge is -2.28. The van der Waals surface area contributed by atoms with Crippen molar-refractivity contribution in [3.63, 3.8) is 0 Å². The first-order valence-corrected chi connectivity index (χ1v) is 10.6. The third-order valence-electron chi connectivity index (χ3n) is 4.39. The molecule has 168 valence electrons. The molecule has 9 heteroatoms. The van der Waals surface area contributed by atoms with Gasteiger partial charge in [0, 0.05) is 28.4 Å². The summed E-state index contributed by atoms with van der Waals surface area (Å²) in [7, 11) is 0. The lowest BCUT2D eigenvalue weighted by atomic mass is 9.99. The fourth-order valence-electron chi connectivity index (χ4n) is 2.96. The number of nitrogens with one attached hydrogen (secondary N) is 1. The van der Waals surface area contributed by atoms with Gasteiger partial charge in [-0.25, -0.2) is 9.59 Å². The number of allylic oxidation sites excluding steroid dienone is 1. The zero-order valence-electron chi connectivity index (χ0n) is 17.3. The molecule has 2 aromatic carbocycles. The highest BCUT2D eigenvalue weighted by Gasteiger charge is 2.30. The zero-order chi connectivity index (χ0) is 23.5. The van der Waals surface area contributed by atoms with E-state index in [0.29, 0.717) is 40.7 Å². The van der Waals surface area contributed by atoms with Crippen molar-refractivity contribution in [2.75, 3.05) is 11.9 Å². The van der Waals surface area contributed by atoms with Crippen molar-refractivity contribution in [2.45, 2.75) is 32.0 Å². The summed E-state index contributed by atoms with van der Waals surface area (Å²) in [5, 5.41) is 30.7. The van der Waals surface area contributed by atoms with Gasteiger partial charge in [-0.3, -0.25) is 5.32 Å². The van der Waals surface area contributed by atoms with Crippen LogP contribution in [0.1, 0.15) is 37.0 Å². The number of benzene rings is 2. The third kappa shape index (κ3) is 7.72. The Morgan fingerprint density at radius 2 is 1.97 bits per heavy atom. The van der Waals surface area contributed by atoms with Crippen LogP contribution in [0.5, 0.6) is 5.75 Å². The van der Waals surface area contributed by atoms with Crippen molar-refractivity contribution >= 4 is 33.7 Å². The van der Waals surface area contributed by atoms with E-state index in [1.807, 2.05) is 6.07 Å². The monoisotopic (exact) mass is 502 g/mol. The largest absolute Gasteiger partial charge is 0.508 e. The van der Waals surface area contributed by atoms with E-state index in [9.17, 15) is 14.7 Å². The van der Waals surface area contributed by atoms with Gasteiger partial charge >= 0.3 is 12.1 Å². The highest BCUT2D eigenvalue weighted by atomic mass is 79.9. The molecule has 8 nitrogen and oxygen atoms in total. The van der Waals surface area contributed by atoms with E-state index in [-0.39, 0.29) is 5.75 Å². The summed E-state index contributed by atoms with van der Waals surface area (Å²) in [6, 6.07) is 13.0. The number of anilines is 1. The number of aliphatic carboxylic acids is 1. The van der Waals surface area contributed by atoms with E-state index >= 15 is 0 Å².